The van der Waals surface area contributed by atoms with Crippen LogP contribution in [0.1, 0.15) is 10.5 Å². The second-order valence-electron chi connectivity index (χ2n) is 4.86. The lowest BCUT2D eigenvalue weighted by Crippen LogP contribution is -2.12. The van der Waals surface area contributed by atoms with Crippen LogP contribution in [0.15, 0.2) is 42.5 Å². The van der Waals surface area contributed by atoms with Crippen molar-refractivity contribution in [2.75, 3.05) is 14.2 Å². The number of hydrogen-bond donors (Lipinski definition) is 2. The molecule has 5 heteroatoms. The van der Waals surface area contributed by atoms with Crippen molar-refractivity contribution >= 4 is 16.8 Å². The normalized spacial score (nSPS) is 10.6. The van der Waals surface area contributed by atoms with Crippen LogP contribution in [0.2, 0.25) is 0 Å². The summed E-state index contributed by atoms with van der Waals surface area (Å²) in [6.07, 6.45) is 0. The van der Waals surface area contributed by atoms with Crippen LogP contribution in [-0.4, -0.2) is 25.1 Å². The molecule has 2 aromatic carbocycles. The molecule has 0 aliphatic rings. The number of rotatable bonds is 4. The molecule has 0 saturated heterocycles. The number of benzene rings is 2. The van der Waals surface area contributed by atoms with Crippen LogP contribution in [0, 0.1) is 0 Å². The van der Waals surface area contributed by atoms with E-state index in [1.807, 2.05) is 36.4 Å². The van der Waals surface area contributed by atoms with Gasteiger partial charge >= 0.3 is 0 Å². The van der Waals surface area contributed by atoms with Crippen LogP contribution in [0.4, 0.5) is 0 Å². The average molecular weight is 296 g/mol. The number of nitrogens with two attached hydrogens (primary N) is 1. The lowest BCUT2D eigenvalue weighted by Gasteiger charge is -2.08. The fraction of sp³-hybridized carbons (Fsp3) is 0.118. The topological polar surface area (TPSA) is 77.3 Å². The second-order valence-corrected chi connectivity index (χ2v) is 4.86. The SMILES string of the molecule is COc1cc2[nH]c(C(N)=O)c(-c3ccccc3)c2cc1OC. The van der Waals surface area contributed by atoms with Gasteiger partial charge in [-0.05, 0) is 11.6 Å². The summed E-state index contributed by atoms with van der Waals surface area (Å²) in [5, 5.41) is 0.859. The number of primary amides is 1. The molecule has 0 spiro atoms. The Hall–Kier alpha value is -2.95. The minimum absolute atomic E-state index is 0.372. The number of carbonyl (C=O) groups is 1. The van der Waals surface area contributed by atoms with E-state index in [1.165, 1.54) is 0 Å². The Balaban J connectivity index is 2.37. The van der Waals surface area contributed by atoms with E-state index in [1.54, 1.807) is 20.3 Å². The first-order valence-electron chi connectivity index (χ1n) is 6.78. The van der Waals surface area contributed by atoms with Gasteiger partial charge in [-0.1, -0.05) is 30.3 Å². The highest BCUT2D eigenvalue weighted by Gasteiger charge is 2.19. The molecule has 5 nitrogen and oxygen atoms in total. The third-order valence-corrected chi connectivity index (χ3v) is 3.61. The maximum Gasteiger partial charge on any atom is 0.265 e. The number of amides is 1. The van der Waals surface area contributed by atoms with E-state index in [4.69, 9.17) is 15.2 Å². The molecule has 0 atom stereocenters. The van der Waals surface area contributed by atoms with Gasteiger partial charge in [0, 0.05) is 17.0 Å². The number of fused-ring (bicyclic) bond motifs is 1. The highest BCUT2D eigenvalue weighted by atomic mass is 16.5. The number of ether oxygens (including phenoxy) is 2. The second kappa shape index (κ2) is 5.44. The van der Waals surface area contributed by atoms with E-state index in [9.17, 15) is 4.79 Å². The molecule has 3 N–H and O–H groups in total. The van der Waals surface area contributed by atoms with Crippen molar-refractivity contribution < 1.29 is 14.3 Å². The van der Waals surface area contributed by atoms with Crippen molar-refractivity contribution in [1.82, 2.24) is 4.98 Å². The standard InChI is InChI=1S/C17H16N2O3/c1-21-13-8-11-12(9-14(13)22-2)19-16(17(18)20)15(11)10-6-4-3-5-7-10/h3-9,19H,1-2H3,(H2,18,20). The Morgan fingerprint density at radius 1 is 1.05 bits per heavy atom. The highest BCUT2D eigenvalue weighted by molar-refractivity contribution is 6.09. The van der Waals surface area contributed by atoms with E-state index >= 15 is 0 Å². The van der Waals surface area contributed by atoms with Gasteiger partial charge in [0.15, 0.2) is 11.5 Å². The zero-order valence-corrected chi connectivity index (χ0v) is 12.3. The van der Waals surface area contributed by atoms with Gasteiger partial charge in [-0.25, -0.2) is 0 Å². The van der Waals surface area contributed by atoms with Gasteiger partial charge in [-0.15, -0.1) is 0 Å². The largest absolute Gasteiger partial charge is 0.493 e. The van der Waals surface area contributed by atoms with Gasteiger partial charge in [0.1, 0.15) is 5.69 Å². The summed E-state index contributed by atoms with van der Waals surface area (Å²) < 4.78 is 10.6. The first kappa shape index (κ1) is 14.0. The number of aromatic amines is 1. The molecule has 22 heavy (non-hydrogen) atoms. The number of methoxy groups -OCH3 is 2. The van der Waals surface area contributed by atoms with Crippen molar-refractivity contribution in [1.29, 1.82) is 0 Å². The van der Waals surface area contributed by atoms with Gasteiger partial charge < -0.3 is 20.2 Å². The van der Waals surface area contributed by atoms with Crippen LogP contribution in [0.25, 0.3) is 22.0 Å². The zero-order valence-electron chi connectivity index (χ0n) is 12.3. The molecule has 0 bridgehead atoms. The third-order valence-electron chi connectivity index (χ3n) is 3.61. The highest BCUT2D eigenvalue weighted by Crippen LogP contribution is 2.38. The van der Waals surface area contributed by atoms with Crippen LogP contribution in [0.3, 0.4) is 0 Å². The van der Waals surface area contributed by atoms with Crippen molar-refractivity contribution in [2.45, 2.75) is 0 Å². The van der Waals surface area contributed by atoms with Gasteiger partial charge in [0.25, 0.3) is 5.91 Å². The molecule has 0 saturated carbocycles. The third kappa shape index (κ3) is 2.16. The van der Waals surface area contributed by atoms with Crippen LogP contribution in [0.5, 0.6) is 11.5 Å². The van der Waals surface area contributed by atoms with Gasteiger partial charge in [0.05, 0.1) is 19.7 Å². The quantitative estimate of drug-likeness (QED) is 0.777. The number of hydrogen-bond acceptors (Lipinski definition) is 3. The molecular formula is C17H16N2O3. The average Bonchev–Trinajstić information content (AvgIpc) is 2.92. The lowest BCUT2D eigenvalue weighted by atomic mass is 10.0. The van der Waals surface area contributed by atoms with Crippen LogP contribution < -0.4 is 15.2 Å². The van der Waals surface area contributed by atoms with Crippen molar-refractivity contribution in [2.24, 2.45) is 5.73 Å². The first-order valence-corrected chi connectivity index (χ1v) is 6.78. The Morgan fingerprint density at radius 2 is 1.68 bits per heavy atom. The number of aromatic nitrogens is 1. The van der Waals surface area contributed by atoms with E-state index in [0.717, 1.165) is 22.0 Å². The summed E-state index contributed by atoms with van der Waals surface area (Å²) in [6, 6.07) is 13.3. The number of H-pyrrole nitrogens is 1. The van der Waals surface area contributed by atoms with E-state index in [-0.39, 0.29) is 0 Å². The zero-order chi connectivity index (χ0) is 15.7. The van der Waals surface area contributed by atoms with Gasteiger partial charge in [0.2, 0.25) is 0 Å². The molecule has 0 fully saturated rings. The monoisotopic (exact) mass is 296 g/mol. The minimum atomic E-state index is -0.506. The molecule has 1 amide bonds. The van der Waals surface area contributed by atoms with Crippen molar-refractivity contribution in [3.63, 3.8) is 0 Å². The summed E-state index contributed by atoms with van der Waals surface area (Å²) in [7, 11) is 3.15. The van der Waals surface area contributed by atoms with Crippen molar-refractivity contribution in [3.8, 4) is 22.6 Å². The first-order chi connectivity index (χ1) is 10.7. The Morgan fingerprint density at radius 3 is 2.27 bits per heavy atom. The lowest BCUT2D eigenvalue weighted by molar-refractivity contribution is 0.0997. The van der Waals surface area contributed by atoms with Crippen LogP contribution in [-0.2, 0) is 0 Å². The minimum Gasteiger partial charge on any atom is -0.493 e. The molecule has 112 valence electrons. The van der Waals surface area contributed by atoms with Gasteiger partial charge in [-0.3, -0.25) is 4.79 Å². The predicted octanol–water partition coefficient (Wildman–Crippen LogP) is 2.95. The van der Waals surface area contributed by atoms with Crippen molar-refractivity contribution in [3.05, 3.63) is 48.2 Å². The number of carbonyl (C=O) groups excluding carboxylic acids is 1. The Labute approximate surface area is 127 Å². The predicted molar refractivity (Wildman–Crippen MR) is 85.4 cm³/mol. The Bertz CT molecular complexity index is 838. The molecule has 1 aromatic heterocycles. The van der Waals surface area contributed by atoms with E-state index in [2.05, 4.69) is 4.98 Å². The molecule has 1 heterocycles. The summed E-state index contributed by atoms with van der Waals surface area (Å²) in [6.45, 7) is 0. The van der Waals surface area contributed by atoms with Crippen LogP contribution >= 0.6 is 0 Å². The van der Waals surface area contributed by atoms with E-state index in [0.29, 0.717) is 17.2 Å². The molecular weight excluding hydrogens is 280 g/mol. The molecule has 0 unspecified atom stereocenters. The summed E-state index contributed by atoms with van der Waals surface area (Å²) in [5.74, 6) is 0.682. The number of nitrogens with one attached hydrogen (secondary N) is 1. The molecule has 3 aromatic rings. The molecule has 0 aliphatic heterocycles. The molecule has 0 radical (unpaired) electrons. The maximum atomic E-state index is 11.8. The molecule has 0 aliphatic carbocycles. The summed E-state index contributed by atoms with van der Waals surface area (Å²) in [5.41, 5.74) is 8.34. The smallest absolute Gasteiger partial charge is 0.265 e. The fourth-order valence-electron chi connectivity index (χ4n) is 2.61. The summed E-state index contributed by atoms with van der Waals surface area (Å²) >= 11 is 0. The Kier molecular flexibility index (Phi) is 3.47. The molecule has 3 rings (SSSR count). The fourth-order valence-corrected chi connectivity index (χ4v) is 2.61. The summed E-state index contributed by atoms with van der Waals surface area (Å²) in [4.78, 5) is 14.9. The van der Waals surface area contributed by atoms with Gasteiger partial charge in [-0.2, -0.15) is 0 Å². The maximum absolute atomic E-state index is 11.8. The van der Waals surface area contributed by atoms with E-state index < -0.39 is 5.91 Å².